The maximum atomic E-state index is 11.4. The summed E-state index contributed by atoms with van der Waals surface area (Å²) in [7, 11) is 0. The van der Waals surface area contributed by atoms with Crippen molar-refractivity contribution in [1.82, 2.24) is 0 Å². The number of carbonyl (C=O) groups excluding carboxylic acids is 1. The number of rotatable bonds is 1. The molecule has 0 amide bonds. The molecule has 0 saturated heterocycles. The lowest BCUT2D eigenvalue weighted by molar-refractivity contribution is -0.109. The minimum absolute atomic E-state index is 0.0503. The van der Waals surface area contributed by atoms with Gasteiger partial charge in [-0.25, -0.2) is 0 Å². The van der Waals surface area contributed by atoms with E-state index in [9.17, 15) is 15.3 Å². The molecule has 0 aliphatic heterocycles. The average Bonchev–Trinajstić information content (AvgIpc) is 2.77. The third-order valence-electron chi connectivity index (χ3n) is 5.25. The van der Waals surface area contributed by atoms with Crippen molar-refractivity contribution in [2.45, 2.75) is 24.7 Å². The highest BCUT2D eigenvalue weighted by atomic mass is 32.2. The van der Waals surface area contributed by atoms with Crippen molar-refractivity contribution in [2.24, 2.45) is 11.3 Å². The van der Waals surface area contributed by atoms with Gasteiger partial charge in [0.1, 0.15) is 0 Å². The third-order valence-corrected chi connectivity index (χ3v) is 6.03. The molecular formula is C22H16N2OS. The number of nitriles is 2. The van der Waals surface area contributed by atoms with Gasteiger partial charge in [0.2, 0.25) is 0 Å². The van der Waals surface area contributed by atoms with Gasteiger partial charge in [0.05, 0.1) is 12.1 Å². The Balaban J connectivity index is 1.93. The molecule has 0 heterocycles. The lowest BCUT2D eigenvalue weighted by Crippen LogP contribution is -2.24. The molecule has 4 heteroatoms. The van der Waals surface area contributed by atoms with Crippen LogP contribution >= 0.6 is 11.8 Å². The zero-order valence-electron chi connectivity index (χ0n) is 14.3. The molecule has 1 aromatic carbocycles. The molecule has 0 saturated carbocycles. The van der Waals surface area contributed by atoms with Crippen molar-refractivity contribution >= 4 is 22.5 Å². The number of aryl methyl sites for hydroxylation is 1. The first-order chi connectivity index (χ1) is 12.6. The second-order valence-corrected chi connectivity index (χ2v) is 7.92. The molecule has 3 aliphatic rings. The van der Waals surface area contributed by atoms with Crippen molar-refractivity contribution in [2.75, 3.05) is 0 Å². The topological polar surface area (TPSA) is 64.7 Å². The van der Waals surface area contributed by atoms with Gasteiger partial charge in [0.25, 0.3) is 0 Å². The lowest BCUT2D eigenvalue weighted by Gasteiger charge is -2.26. The Morgan fingerprint density at radius 2 is 2.00 bits per heavy atom. The van der Waals surface area contributed by atoms with Crippen LogP contribution in [0.3, 0.4) is 0 Å². The summed E-state index contributed by atoms with van der Waals surface area (Å²) in [6, 6.07) is 10.6. The molecule has 1 atom stereocenters. The summed E-state index contributed by atoms with van der Waals surface area (Å²) in [5, 5.41) is 20.1. The zero-order valence-corrected chi connectivity index (χ0v) is 15.1. The first kappa shape index (κ1) is 16.6. The number of thioether (sulfide) groups is 1. The molecular weight excluding hydrogens is 340 g/mol. The number of carbonyl (C=O) groups is 1. The van der Waals surface area contributed by atoms with Crippen LogP contribution in [-0.4, -0.2) is 5.12 Å². The highest BCUT2D eigenvalue weighted by molar-refractivity contribution is 8.13. The van der Waals surface area contributed by atoms with Crippen LogP contribution in [0.1, 0.15) is 24.5 Å². The quantitative estimate of drug-likeness (QED) is 0.682. The number of fused-ring (bicyclic) bond motifs is 4. The summed E-state index contributed by atoms with van der Waals surface area (Å²) in [5.74, 6) is -0.241. The Bertz CT molecular complexity index is 1010. The van der Waals surface area contributed by atoms with Crippen LogP contribution in [0.15, 0.2) is 64.6 Å². The van der Waals surface area contributed by atoms with E-state index in [-0.39, 0.29) is 11.0 Å². The molecule has 1 unspecified atom stereocenters. The summed E-state index contributed by atoms with van der Waals surface area (Å²) in [4.78, 5) is 12.3. The van der Waals surface area contributed by atoms with E-state index >= 15 is 0 Å². The van der Waals surface area contributed by atoms with E-state index in [2.05, 4.69) is 12.1 Å². The Morgan fingerprint density at radius 3 is 2.73 bits per heavy atom. The normalized spacial score (nSPS) is 21.7. The molecule has 0 radical (unpaired) electrons. The van der Waals surface area contributed by atoms with Crippen LogP contribution < -0.4 is 0 Å². The van der Waals surface area contributed by atoms with Gasteiger partial charge in [-0.2, -0.15) is 10.5 Å². The van der Waals surface area contributed by atoms with Gasteiger partial charge in [0, 0.05) is 17.7 Å². The van der Waals surface area contributed by atoms with E-state index in [0.717, 1.165) is 45.6 Å². The second kappa shape index (κ2) is 6.16. The fourth-order valence-electron chi connectivity index (χ4n) is 4.24. The smallest absolute Gasteiger partial charge is 0.190 e. The van der Waals surface area contributed by atoms with Crippen LogP contribution in [0.2, 0.25) is 0 Å². The van der Waals surface area contributed by atoms with Crippen molar-refractivity contribution in [1.29, 1.82) is 10.5 Å². The Hall–Kier alpha value is -2.82. The molecule has 0 fully saturated rings. The standard InChI is InChI=1S/C22H16N2OS/c1-14(25)26-16-8-10-17-15(11-16)7-9-19-18-5-3-2-4-6-20(18)22(12-23,13-24)21(17)19/h2-6,8,10-11,20H,7,9H2,1H3. The molecule has 26 heavy (non-hydrogen) atoms. The summed E-state index contributed by atoms with van der Waals surface area (Å²) in [6.07, 6.45) is 11.5. The molecule has 0 aromatic heterocycles. The van der Waals surface area contributed by atoms with E-state index in [1.165, 1.54) is 11.8 Å². The van der Waals surface area contributed by atoms with Crippen LogP contribution in [-0.2, 0) is 11.2 Å². The maximum absolute atomic E-state index is 11.4. The number of nitrogens with zero attached hydrogens (tertiary/aromatic N) is 2. The molecule has 1 aromatic rings. The summed E-state index contributed by atoms with van der Waals surface area (Å²) in [6.45, 7) is 1.55. The van der Waals surface area contributed by atoms with E-state index < -0.39 is 5.41 Å². The first-order valence-corrected chi connectivity index (χ1v) is 9.35. The summed E-state index contributed by atoms with van der Waals surface area (Å²) >= 11 is 1.21. The van der Waals surface area contributed by atoms with E-state index in [0.29, 0.717) is 0 Å². The molecule has 126 valence electrons. The Kier molecular flexibility index (Phi) is 3.94. The predicted molar refractivity (Wildman–Crippen MR) is 102 cm³/mol. The number of allylic oxidation sites excluding steroid dienone is 8. The largest absolute Gasteiger partial charge is 0.287 e. The third kappa shape index (κ3) is 2.30. The lowest BCUT2D eigenvalue weighted by atomic mass is 9.71. The van der Waals surface area contributed by atoms with Crippen molar-refractivity contribution in [3.63, 3.8) is 0 Å². The van der Waals surface area contributed by atoms with Crippen LogP contribution in [0.5, 0.6) is 0 Å². The van der Waals surface area contributed by atoms with Gasteiger partial charge in [-0.3, -0.25) is 4.79 Å². The number of benzene rings is 1. The fraction of sp³-hybridized carbons (Fsp3) is 0.227. The number of hydrogen-bond donors (Lipinski definition) is 0. The summed E-state index contributed by atoms with van der Waals surface area (Å²) in [5.41, 5.74) is 3.97. The molecule has 0 bridgehead atoms. The average molecular weight is 356 g/mol. The van der Waals surface area contributed by atoms with E-state index in [4.69, 9.17) is 0 Å². The summed E-state index contributed by atoms with van der Waals surface area (Å²) < 4.78 is 0. The van der Waals surface area contributed by atoms with Crippen molar-refractivity contribution in [3.05, 3.63) is 70.9 Å². The van der Waals surface area contributed by atoms with Gasteiger partial charge in [0.15, 0.2) is 10.5 Å². The zero-order chi connectivity index (χ0) is 18.3. The molecule has 3 aliphatic carbocycles. The number of hydrogen-bond acceptors (Lipinski definition) is 4. The minimum atomic E-state index is -1.20. The van der Waals surface area contributed by atoms with Gasteiger partial charge < -0.3 is 0 Å². The molecule has 4 rings (SSSR count). The van der Waals surface area contributed by atoms with E-state index in [1.807, 2.05) is 48.6 Å². The van der Waals surface area contributed by atoms with E-state index in [1.54, 1.807) is 6.92 Å². The van der Waals surface area contributed by atoms with Crippen molar-refractivity contribution < 1.29 is 4.79 Å². The van der Waals surface area contributed by atoms with Gasteiger partial charge in [-0.15, -0.1) is 0 Å². The van der Waals surface area contributed by atoms with Gasteiger partial charge >= 0.3 is 0 Å². The highest BCUT2D eigenvalue weighted by Gasteiger charge is 2.53. The maximum Gasteiger partial charge on any atom is 0.190 e. The van der Waals surface area contributed by atoms with Crippen LogP contribution in [0, 0.1) is 34.0 Å². The SMILES string of the molecule is CC(=O)Sc1ccc2c(c1)CCC1=C2C(C#N)(C#N)C2C=CC=CC=C12. The second-order valence-electron chi connectivity index (χ2n) is 6.67. The first-order valence-electron chi connectivity index (χ1n) is 8.54. The monoisotopic (exact) mass is 356 g/mol. The molecule has 0 N–H and O–H groups in total. The molecule has 3 nitrogen and oxygen atoms in total. The van der Waals surface area contributed by atoms with Crippen LogP contribution in [0.25, 0.3) is 5.57 Å². The molecule has 0 spiro atoms. The Labute approximate surface area is 157 Å². The van der Waals surface area contributed by atoms with Crippen molar-refractivity contribution in [3.8, 4) is 12.1 Å². The Morgan fingerprint density at radius 1 is 1.19 bits per heavy atom. The van der Waals surface area contributed by atoms with Gasteiger partial charge in [-0.1, -0.05) is 48.2 Å². The van der Waals surface area contributed by atoms with Gasteiger partial charge in [-0.05, 0) is 52.8 Å². The van der Waals surface area contributed by atoms with Crippen LogP contribution in [0.4, 0.5) is 0 Å². The predicted octanol–water partition coefficient (Wildman–Crippen LogP) is 4.74. The highest BCUT2D eigenvalue weighted by Crippen LogP contribution is 2.58. The minimum Gasteiger partial charge on any atom is -0.287 e. The fourth-order valence-corrected chi connectivity index (χ4v) is 4.91.